The molecule has 0 bridgehead atoms. The van der Waals surface area contributed by atoms with Crippen LogP contribution in [0.3, 0.4) is 0 Å². The van der Waals surface area contributed by atoms with Crippen LogP contribution in [0.25, 0.3) is 21.7 Å². The second-order valence-electron chi connectivity index (χ2n) is 6.74. The standard InChI is InChI=1S/C22H18BrN3O3/c1-13-9-16(23)11-18-20(22(28)26(2)21(13)18)25-24-19(27)12-29-17-8-7-14-5-3-4-6-15(14)10-17/h3-11,28H,12H2,1-2H3. The van der Waals surface area contributed by atoms with Crippen molar-refractivity contribution in [2.45, 2.75) is 6.92 Å². The predicted molar refractivity (Wildman–Crippen MR) is 116 cm³/mol. The Labute approximate surface area is 175 Å². The van der Waals surface area contributed by atoms with E-state index in [0.29, 0.717) is 11.1 Å². The lowest BCUT2D eigenvalue weighted by Crippen LogP contribution is -2.07. The van der Waals surface area contributed by atoms with E-state index in [1.807, 2.05) is 61.5 Å². The minimum atomic E-state index is -0.540. The molecule has 1 heterocycles. The molecule has 0 radical (unpaired) electrons. The fraction of sp³-hybridized carbons (Fsp3) is 0.136. The van der Waals surface area contributed by atoms with E-state index in [4.69, 9.17) is 4.74 Å². The van der Waals surface area contributed by atoms with Crippen molar-refractivity contribution in [3.05, 3.63) is 64.6 Å². The Morgan fingerprint density at radius 3 is 2.69 bits per heavy atom. The first-order valence-corrected chi connectivity index (χ1v) is 9.77. The van der Waals surface area contributed by atoms with E-state index >= 15 is 0 Å². The monoisotopic (exact) mass is 451 g/mol. The van der Waals surface area contributed by atoms with Gasteiger partial charge in [0.15, 0.2) is 12.3 Å². The third kappa shape index (κ3) is 3.73. The molecule has 0 aliphatic heterocycles. The molecular formula is C22H18BrN3O3. The Bertz CT molecular complexity index is 1280. The molecule has 1 N–H and O–H groups in total. The van der Waals surface area contributed by atoms with Gasteiger partial charge >= 0.3 is 5.91 Å². The number of aryl methyl sites for hydroxylation is 2. The Balaban J connectivity index is 1.53. The molecule has 0 aliphatic rings. The molecule has 1 amide bonds. The molecule has 6 nitrogen and oxygen atoms in total. The van der Waals surface area contributed by atoms with Crippen LogP contribution in [0.1, 0.15) is 5.56 Å². The van der Waals surface area contributed by atoms with Crippen LogP contribution in [0.4, 0.5) is 5.69 Å². The molecule has 0 atom stereocenters. The predicted octanol–water partition coefficient (Wildman–Crippen LogP) is 5.80. The topological polar surface area (TPSA) is 76.2 Å². The Morgan fingerprint density at radius 1 is 1.14 bits per heavy atom. The summed E-state index contributed by atoms with van der Waals surface area (Å²) in [4.78, 5) is 12.2. The Hall–Kier alpha value is -3.19. The molecule has 1 aromatic heterocycles. The highest BCUT2D eigenvalue weighted by Crippen LogP contribution is 2.40. The molecule has 0 unspecified atom stereocenters. The highest BCUT2D eigenvalue weighted by molar-refractivity contribution is 9.10. The maximum Gasteiger partial charge on any atom is 0.302 e. The van der Waals surface area contributed by atoms with Gasteiger partial charge in [-0.1, -0.05) is 46.3 Å². The molecule has 0 saturated carbocycles. The Morgan fingerprint density at radius 2 is 1.90 bits per heavy atom. The molecule has 3 aromatic carbocycles. The van der Waals surface area contributed by atoms with Crippen LogP contribution in [0.2, 0.25) is 0 Å². The van der Waals surface area contributed by atoms with Crippen molar-refractivity contribution in [3.8, 4) is 11.6 Å². The zero-order chi connectivity index (χ0) is 20.5. The van der Waals surface area contributed by atoms with Crippen LogP contribution in [0.5, 0.6) is 11.6 Å². The van der Waals surface area contributed by atoms with Gasteiger partial charge in [0, 0.05) is 16.9 Å². The quantitative estimate of drug-likeness (QED) is 0.398. The van der Waals surface area contributed by atoms with Gasteiger partial charge in [-0.3, -0.25) is 4.79 Å². The first kappa shape index (κ1) is 19.1. The number of hydrogen-bond donors (Lipinski definition) is 1. The third-order valence-electron chi connectivity index (χ3n) is 4.73. The van der Waals surface area contributed by atoms with Crippen LogP contribution < -0.4 is 4.74 Å². The average molecular weight is 452 g/mol. The molecular weight excluding hydrogens is 434 g/mol. The number of aromatic nitrogens is 1. The minimum absolute atomic E-state index is 0.0480. The lowest BCUT2D eigenvalue weighted by molar-refractivity contribution is -0.120. The van der Waals surface area contributed by atoms with E-state index in [1.54, 1.807) is 11.6 Å². The molecule has 0 spiro atoms. The molecule has 0 saturated heterocycles. The van der Waals surface area contributed by atoms with E-state index in [-0.39, 0.29) is 18.2 Å². The molecule has 29 heavy (non-hydrogen) atoms. The third-order valence-corrected chi connectivity index (χ3v) is 5.19. The molecule has 4 aromatic rings. The first-order valence-electron chi connectivity index (χ1n) is 8.97. The van der Waals surface area contributed by atoms with Gasteiger partial charge in [0.2, 0.25) is 5.88 Å². The normalized spacial score (nSPS) is 11.6. The lowest BCUT2D eigenvalue weighted by Gasteiger charge is -2.04. The fourth-order valence-electron chi connectivity index (χ4n) is 3.38. The van der Waals surface area contributed by atoms with E-state index in [2.05, 4.69) is 26.2 Å². The zero-order valence-corrected chi connectivity index (χ0v) is 17.5. The zero-order valence-electron chi connectivity index (χ0n) is 15.9. The van der Waals surface area contributed by atoms with Gasteiger partial charge in [-0.15, -0.1) is 10.2 Å². The van der Waals surface area contributed by atoms with Crippen molar-refractivity contribution in [1.82, 2.24) is 4.57 Å². The maximum absolute atomic E-state index is 12.2. The number of carbonyl (C=O) groups is 1. The number of halogens is 1. The molecule has 0 fully saturated rings. The molecule has 0 aliphatic carbocycles. The van der Waals surface area contributed by atoms with Crippen molar-refractivity contribution in [2.24, 2.45) is 17.3 Å². The number of hydrogen-bond acceptors (Lipinski definition) is 4. The van der Waals surface area contributed by atoms with E-state index in [1.165, 1.54) is 0 Å². The summed E-state index contributed by atoms with van der Waals surface area (Å²) in [5, 5.41) is 21.0. The summed E-state index contributed by atoms with van der Waals surface area (Å²) in [6.07, 6.45) is 0. The number of nitrogens with zero attached hydrogens (tertiary/aromatic N) is 3. The smallest absolute Gasteiger partial charge is 0.302 e. The maximum atomic E-state index is 12.2. The number of fused-ring (bicyclic) bond motifs is 2. The summed E-state index contributed by atoms with van der Waals surface area (Å²) in [5.74, 6) is -0.00529. The molecule has 7 heteroatoms. The molecule has 4 rings (SSSR count). The average Bonchev–Trinajstić information content (AvgIpc) is 2.94. The number of carbonyl (C=O) groups excluding carboxylic acids is 1. The first-order chi connectivity index (χ1) is 13.9. The van der Waals surface area contributed by atoms with Gasteiger partial charge in [-0.25, -0.2) is 0 Å². The summed E-state index contributed by atoms with van der Waals surface area (Å²) >= 11 is 3.45. The van der Waals surface area contributed by atoms with Crippen LogP contribution in [-0.4, -0.2) is 22.2 Å². The van der Waals surface area contributed by atoms with E-state index < -0.39 is 5.91 Å². The van der Waals surface area contributed by atoms with Crippen molar-refractivity contribution in [3.63, 3.8) is 0 Å². The summed E-state index contributed by atoms with van der Waals surface area (Å²) in [6, 6.07) is 17.3. The van der Waals surface area contributed by atoms with Crippen LogP contribution in [0, 0.1) is 6.92 Å². The van der Waals surface area contributed by atoms with Gasteiger partial charge in [-0.05, 0) is 47.5 Å². The SMILES string of the molecule is Cc1cc(Br)cc2c(N=NC(=O)COc3ccc4ccccc4c3)c(O)n(C)c12. The van der Waals surface area contributed by atoms with Gasteiger partial charge in [0.1, 0.15) is 5.75 Å². The fourth-order valence-corrected chi connectivity index (χ4v) is 3.95. The lowest BCUT2D eigenvalue weighted by atomic mass is 10.1. The second-order valence-corrected chi connectivity index (χ2v) is 7.66. The number of ether oxygens (including phenoxy) is 1. The highest BCUT2D eigenvalue weighted by Gasteiger charge is 2.17. The highest BCUT2D eigenvalue weighted by atomic mass is 79.9. The Kier molecular flexibility index (Phi) is 5.07. The van der Waals surface area contributed by atoms with Crippen molar-refractivity contribution in [2.75, 3.05) is 6.61 Å². The van der Waals surface area contributed by atoms with Crippen LogP contribution in [-0.2, 0) is 11.8 Å². The largest absolute Gasteiger partial charge is 0.493 e. The number of aromatic hydroxyl groups is 1. The van der Waals surface area contributed by atoms with Crippen molar-refractivity contribution < 1.29 is 14.6 Å². The van der Waals surface area contributed by atoms with Gasteiger partial charge < -0.3 is 14.4 Å². The number of benzene rings is 3. The molecule has 146 valence electrons. The van der Waals surface area contributed by atoms with Gasteiger partial charge in [0.05, 0.1) is 5.52 Å². The van der Waals surface area contributed by atoms with Crippen molar-refractivity contribution >= 4 is 49.2 Å². The summed E-state index contributed by atoms with van der Waals surface area (Å²) < 4.78 is 8.03. The van der Waals surface area contributed by atoms with Crippen molar-refractivity contribution in [1.29, 1.82) is 0 Å². The van der Waals surface area contributed by atoms with E-state index in [9.17, 15) is 9.90 Å². The minimum Gasteiger partial charge on any atom is -0.493 e. The summed E-state index contributed by atoms with van der Waals surface area (Å²) in [6.45, 7) is 1.70. The number of amides is 1. The van der Waals surface area contributed by atoms with Gasteiger partial charge in [0.25, 0.3) is 0 Å². The summed E-state index contributed by atoms with van der Waals surface area (Å²) in [7, 11) is 1.74. The van der Waals surface area contributed by atoms with Gasteiger partial charge in [-0.2, -0.15) is 0 Å². The second kappa shape index (κ2) is 7.67. The van der Waals surface area contributed by atoms with Crippen LogP contribution in [0.15, 0.2) is 69.3 Å². The van der Waals surface area contributed by atoms with Crippen LogP contribution >= 0.6 is 15.9 Å². The van der Waals surface area contributed by atoms with E-state index in [0.717, 1.165) is 26.3 Å². The number of azo groups is 1. The number of rotatable bonds is 4. The summed E-state index contributed by atoms with van der Waals surface area (Å²) in [5.41, 5.74) is 2.06.